The fraction of sp³-hybridized carbons (Fsp3) is 0.111. The maximum Gasteiger partial charge on any atom is 0.253 e. The number of benzene rings is 2. The molecule has 0 spiro atoms. The predicted molar refractivity (Wildman–Crippen MR) is 93.6 cm³/mol. The highest BCUT2D eigenvalue weighted by Crippen LogP contribution is 2.28. The summed E-state index contributed by atoms with van der Waals surface area (Å²) in [5.41, 5.74) is 1.67. The molecule has 6 heteroatoms. The fourth-order valence-corrected chi connectivity index (χ4v) is 2.39. The van der Waals surface area contributed by atoms with Gasteiger partial charge in [-0.05, 0) is 61.4 Å². The Bertz CT molecular complexity index is 920. The van der Waals surface area contributed by atoms with E-state index in [2.05, 4.69) is 10.6 Å². The van der Waals surface area contributed by atoms with Crippen LogP contribution in [0.25, 0.3) is 0 Å². The van der Waals surface area contributed by atoms with Gasteiger partial charge in [-0.2, -0.15) is 0 Å². The summed E-state index contributed by atoms with van der Waals surface area (Å²) >= 11 is 0. The lowest BCUT2D eigenvalue weighted by atomic mass is 10.1. The fourth-order valence-electron chi connectivity index (χ4n) is 2.39. The Morgan fingerprint density at radius 1 is 0.708 bits per heavy atom. The second kappa shape index (κ2) is 5.73. The second-order valence-corrected chi connectivity index (χ2v) is 5.66. The first-order valence-corrected chi connectivity index (χ1v) is 7.33. The number of nitrogens with one attached hydrogen (secondary N) is 2. The minimum atomic E-state index is -0.598. The van der Waals surface area contributed by atoms with Crippen LogP contribution < -0.4 is 21.5 Å². The van der Waals surface area contributed by atoms with Crippen molar-refractivity contribution in [1.82, 2.24) is 0 Å². The number of rotatable bonds is 4. The Morgan fingerprint density at radius 2 is 1.08 bits per heavy atom. The molecule has 0 unspecified atom stereocenters. The minimum Gasteiger partial charge on any atom is -0.508 e. The van der Waals surface area contributed by atoms with Gasteiger partial charge in [0.05, 0.1) is 0 Å². The molecule has 122 valence electrons. The molecule has 3 rings (SSSR count). The Labute approximate surface area is 137 Å². The lowest BCUT2D eigenvalue weighted by Gasteiger charge is -2.16. The summed E-state index contributed by atoms with van der Waals surface area (Å²) in [5.74, 6) is 0.312. The Balaban J connectivity index is 1.89. The van der Waals surface area contributed by atoms with Crippen LogP contribution in [0.1, 0.15) is 11.1 Å². The van der Waals surface area contributed by atoms with Gasteiger partial charge in [-0.15, -0.1) is 0 Å². The zero-order chi connectivity index (χ0) is 17.4. The number of hydrogen-bond acceptors (Lipinski definition) is 6. The summed E-state index contributed by atoms with van der Waals surface area (Å²) in [4.78, 5) is 23.7. The van der Waals surface area contributed by atoms with E-state index in [0.717, 1.165) is 0 Å². The molecule has 24 heavy (non-hydrogen) atoms. The van der Waals surface area contributed by atoms with Gasteiger partial charge in [-0.1, -0.05) is 0 Å². The van der Waals surface area contributed by atoms with Crippen LogP contribution in [0, 0.1) is 13.8 Å². The molecule has 3 aromatic carbocycles. The van der Waals surface area contributed by atoms with Crippen molar-refractivity contribution >= 4 is 22.7 Å². The van der Waals surface area contributed by atoms with E-state index in [-0.39, 0.29) is 22.9 Å². The molecule has 0 atom stereocenters. The van der Waals surface area contributed by atoms with Gasteiger partial charge in [0.15, 0.2) is 0 Å². The van der Waals surface area contributed by atoms with Gasteiger partial charge in [-0.25, -0.2) is 0 Å². The van der Waals surface area contributed by atoms with Gasteiger partial charge < -0.3 is 20.8 Å². The highest BCUT2D eigenvalue weighted by Gasteiger charge is 2.21. The first-order valence-electron chi connectivity index (χ1n) is 7.33. The van der Waals surface area contributed by atoms with Gasteiger partial charge in [0, 0.05) is 11.4 Å². The van der Waals surface area contributed by atoms with Gasteiger partial charge in [0.25, 0.3) is 10.9 Å². The summed E-state index contributed by atoms with van der Waals surface area (Å²) < 4.78 is 0. The predicted octanol–water partition coefficient (Wildman–Crippen LogP) is 2.80. The number of aromatic hydroxyl groups is 2. The van der Waals surface area contributed by atoms with Gasteiger partial charge in [0.1, 0.15) is 22.9 Å². The molecule has 0 fully saturated rings. The van der Waals surface area contributed by atoms with Crippen molar-refractivity contribution in [2.75, 3.05) is 10.6 Å². The Morgan fingerprint density at radius 3 is 1.42 bits per heavy atom. The molecule has 0 saturated carbocycles. The number of hydrogen-bond donors (Lipinski definition) is 4. The maximum absolute atomic E-state index is 11.8. The Hall–Kier alpha value is -3.28. The van der Waals surface area contributed by atoms with E-state index in [1.807, 2.05) is 0 Å². The minimum absolute atomic E-state index is 0.156. The van der Waals surface area contributed by atoms with Crippen molar-refractivity contribution < 1.29 is 10.2 Å². The van der Waals surface area contributed by atoms with Gasteiger partial charge in [0.2, 0.25) is 0 Å². The normalized spacial score (nSPS) is 10.8. The summed E-state index contributed by atoms with van der Waals surface area (Å²) in [6.07, 6.45) is 0. The molecule has 0 amide bonds. The van der Waals surface area contributed by atoms with E-state index in [9.17, 15) is 19.8 Å². The van der Waals surface area contributed by atoms with E-state index >= 15 is 0 Å². The lowest BCUT2D eigenvalue weighted by Crippen LogP contribution is -2.35. The van der Waals surface area contributed by atoms with Crippen molar-refractivity contribution in [2.45, 2.75) is 13.8 Å². The van der Waals surface area contributed by atoms with Gasteiger partial charge in [-0.3, -0.25) is 9.59 Å². The molecule has 0 aliphatic heterocycles. The summed E-state index contributed by atoms with van der Waals surface area (Å²) in [6, 6.07) is 9.63. The van der Waals surface area contributed by atoms with E-state index in [0.29, 0.717) is 22.5 Å². The highest BCUT2D eigenvalue weighted by atomic mass is 16.3. The molecule has 4 N–H and O–H groups in total. The van der Waals surface area contributed by atoms with E-state index in [1.165, 1.54) is 12.1 Å². The van der Waals surface area contributed by atoms with Crippen molar-refractivity contribution in [2.24, 2.45) is 0 Å². The van der Waals surface area contributed by atoms with Crippen LogP contribution >= 0.6 is 0 Å². The van der Waals surface area contributed by atoms with Crippen LogP contribution in [0.2, 0.25) is 0 Å². The number of anilines is 4. The molecule has 0 bridgehead atoms. The monoisotopic (exact) mass is 324 g/mol. The molecule has 0 heterocycles. The maximum atomic E-state index is 11.8. The van der Waals surface area contributed by atoms with Crippen LogP contribution in [0.4, 0.5) is 22.7 Å². The van der Waals surface area contributed by atoms with E-state index in [1.54, 1.807) is 38.1 Å². The van der Waals surface area contributed by atoms with Crippen LogP contribution in [0.5, 0.6) is 11.5 Å². The van der Waals surface area contributed by atoms with Crippen LogP contribution in [0.3, 0.4) is 0 Å². The van der Waals surface area contributed by atoms with Crippen LogP contribution in [-0.2, 0) is 0 Å². The molecule has 0 aromatic heterocycles. The number of aryl methyl sites for hydroxylation is 2. The zero-order valence-electron chi connectivity index (χ0n) is 13.2. The molecule has 0 radical (unpaired) electrons. The highest BCUT2D eigenvalue weighted by molar-refractivity contribution is 5.82. The second-order valence-electron chi connectivity index (χ2n) is 5.66. The third-order valence-corrected chi connectivity index (χ3v) is 3.84. The average molecular weight is 324 g/mol. The molecular formula is C18H16N2O4. The van der Waals surface area contributed by atoms with Gasteiger partial charge >= 0.3 is 0 Å². The molecule has 6 nitrogen and oxygen atoms in total. The summed E-state index contributed by atoms with van der Waals surface area (Å²) in [7, 11) is 0. The summed E-state index contributed by atoms with van der Waals surface area (Å²) in [5, 5.41) is 24.9. The molecule has 0 aliphatic rings. The van der Waals surface area contributed by atoms with Crippen molar-refractivity contribution in [3.05, 3.63) is 68.0 Å². The smallest absolute Gasteiger partial charge is 0.253 e. The SMILES string of the molecule is Cc1cc(Nc2c(Nc3ccc(O)c(C)c3)c(=O)c2=O)ccc1O. The third kappa shape index (κ3) is 2.69. The molecule has 0 aliphatic carbocycles. The van der Waals surface area contributed by atoms with Crippen LogP contribution in [-0.4, -0.2) is 10.2 Å². The third-order valence-electron chi connectivity index (χ3n) is 3.84. The average Bonchev–Trinajstić information content (AvgIpc) is 2.56. The first kappa shape index (κ1) is 15.6. The van der Waals surface area contributed by atoms with E-state index in [4.69, 9.17) is 0 Å². The first-order chi connectivity index (χ1) is 11.4. The van der Waals surface area contributed by atoms with E-state index < -0.39 is 10.9 Å². The van der Waals surface area contributed by atoms with Crippen molar-refractivity contribution in [3.8, 4) is 11.5 Å². The quantitative estimate of drug-likeness (QED) is 0.435. The molecule has 0 saturated heterocycles. The molecular weight excluding hydrogens is 308 g/mol. The van der Waals surface area contributed by atoms with Crippen molar-refractivity contribution in [3.63, 3.8) is 0 Å². The van der Waals surface area contributed by atoms with Crippen molar-refractivity contribution in [1.29, 1.82) is 0 Å². The summed E-state index contributed by atoms with van der Waals surface area (Å²) in [6.45, 7) is 3.47. The topological polar surface area (TPSA) is 98.7 Å². The molecule has 3 aromatic rings. The number of phenolic OH excluding ortho intramolecular Hbond substituents is 2. The number of phenols is 2. The van der Waals surface area contributed by atoms with Crippen LogP contribution in [0.15, 0.2) is 46.0 Å². The largest absolute Gasteiger partial charge is 0.508 e. The zero-order valence-corrected chi connectivity index (χ0v) is 13.2. The Kier molecular flexibility index (Phi) is 3.73. The lowest BCUT2D eigenvalue weighted by molar-refractivity contribution is 0.471. The standard InChI is InChI=1S/C18H16N2O4/c1-9-7-11(3-5-13(9)21)19-15-16(18(24)17(15)23)20-12-4-6-14(22)10(2)8-12/h3-8,19-22H,1-2H3.